The fourth-order valence-electron chi connectivity index (χ4n) is 2.38. The zero-order valence-electron chi connectivity index (χ0n) is 13.7. The summed E-state index contributed by atoms with van der Waals surface area (Å²) in [5.41, 5.74) is 3.15. The molecule has 0 aromatic heterocycles. The summed E-state index contributed by atoms with van der Waals surface area (Å²) < 4.78 is 23.6. The molecule has 0 atom stereocenters. The normalized spacial score (nSPS) is 11.2. The number of nitrogens with one attached hydrogen (secondary N) is 2. The highest BCUT2D eigenvalue weighted by Gasteiger charge is 2.14. The van der Waals surface area contributed by atoms with Crippen LogP contribution in [0.4, 0.5) is 11.4 Å². The molecule has 0 saturated carbocycles. The van der Waals surface area contributed by atoms with Crippen molar-refractivity contribution in [2.24, 2.45) is 0 Å². The number of aryl methyl sites for hydroxylation is 2. The van der Waals surface area contributed by atoms with E-state index in [1.807, 2.05) is 32.0 Å². The van der Waals surface area contributed by atoms with E-state index in [0.29, 0.717) is 16.4 Å². The molecule has 0 saturated heterocycles. The van der Waals surface area contributed by atoms with Crippen LogP contribution in [0.5, 0.6) is 0 Å². The summed E-state index contributed by atoms with van der Waals surface area (Å²) in [6.07, 6.45) is 1.10. The molecule has 7 heteroatoms. The molecule has 1 amide bonds. The van der Waals surface area contributed by atoms with Crippen LogP contribution < -0.4 is 10.6 Å². The van der Waals surface area contributed by atoms with Crippen molar-refractivity contribution in [2.45, 2.75) is 18.7 Å². The van der Waals surface area contributed by atoms with Gasteiger partial charge in [-0.25, -0.2) is 8.42 Å². The van der Waals surface area contributed by atoms with Gasteiger partial charge in [-0.05, 0) is 55.3 Å². The summed E-state index contributed by atoms with van der Waals surface area (Å²) >= 11 is 5.85. The highest BCUT2D eigenvalue weighted by Crippen LogP contribution is 2.25. The lowest BCUT2D eigenvalue weighted by molar-refractivity contribution is -0.114. The van der Waals surface area contributed by atoms with Crippen molar-refractivity contribution >= 4 is 38.7 Å². The molecule has 2 aromatic carbocycles. The number of benzene rings is 2. The van der Waals surface area contributed by atoms with Gasteiger partial charge in [-0.3, -0.25) is 4.79 Å². The largest absolute Gasteiger partial charge is 0.375 e. The molecule has 0 fully saturated rings. The maximum absolute atomic E-state index is 12.1. The van der Waals surface area contributed by atoms with Crippen molar-refractivity contribution in [2.75, 3.05) is 23.4 Å². The minimum Gasteiger partial charge on any atom is -0.375 e. The number of amides is 1. The zero-order valence-corrected chi connectivity index (χ0v) is 15.3. The maximum atomic E-state index is 12.1. The van der Waals surface area contributed by atoms with Gasteiger partial charge >= 0.3 is 0 Å². The quantitative estimate of drug-likeness (QED) is 0.850. The van der Waals surface area contributed by atoms with Crippen LogP contribution in [-0.4, -0.2) is 27.1 Å². The molecule has 2 rings (SSSR count). The highest BCUT2D eigenvalue weighted by molar-refractivity contribution is 7.90. The molecule has 0 radical (unpaired) electrons. The van der Waals surface area contributed by atoms with Gasteiger partial charge in [0.2, 0.25) is 5.91 Å². The lowest BCUT2D eigenvalue weighted by Gasteiger charge is -2.12. The first-order valence-corrected chi connectivity index (χ1v) is 9.54. The molecule has 0 bridgehead atoms. The van der Waals surface area contributed by atoms with Crippen molar-refractivity contribution in [1.82, 2.24) is 0 Å². The Morgan fingerprint density at radius 3 is 2.29 bits per heavy atom. The Kier molecular flexibility index (Phi) is 5.51. The highest BCUT2D eigenvalue weighted by atomic mass is 35.5. The average molecular weight is 367 g/mol. The molecule has 0 aliphatic carbocycles. The molecule has 0 heterocycles. The van der Waals surface area contributed by atoms with E-state index >= 15 is 0 Å². The lowest BCUT2D eigenvalue weighted by atomic mass is 10.1. The number of hydrogen-bond acceptors (Lipinski definition) is 4. The summed E-state index contributed by atoms with van der Waals surface area (Å²) in [6.45, 7) is 3.84. The van der Waals surface area contributed by atoms with Crippen molar-refractivity contribution < 1.29 is 13.2 Å². The predicted molar refractivity (Wildman–Crippen MR) is 97.6 cm³/mol. The van der Waals surface area contributed by atoms with Crippen LogP contribution in [0.15, 0.2) is 41.3 Å². The fraction of sp³-hybridized carbons (Fsp3) is 0.235. The fourth-order valence-corrected chi connectivity index (χ4v) is 3.49. The number of anilines is 2. The van der Waals surface area contributed by atoms with E-state index < -0.39 is 9.84 Å². The first-order chi connectivity index (χ1) is 11.1. The van der Waals surface area contributed by atoms with Crippen LogP contribution in [0, 0.1) is 13.8 Å². The second kappa shape index (κ2) is 7.23. The predicted octanol–water partition coefficient (Wildman–Crippen LogP) is 3.41. The summed E-state index contributed by atoms with van der Waals surface area (Å²) in [4.78, 5) is 12.2. The van der Waals surface area contributed by atoms with E-state index in [-0.39, 0.29) is 17.3 Å². The zero-order chi connectivity index (χ0) is 17.9. The molecular formula is C17H19ClN2O3S. The topological polar surface area (TPSA) is 75.3 Å². The smallest absolute Gasteiger partial charge is 0.243 e. The molecule has 24 heavy (non-hydrogen) atoms. The van der Waals surface area contributed by atoms with Crippen LogP contribution in [0.1, 0.15) is 11.1 Å². The van der Waals surface area contributed by atoms with Gasteiger partial charge in [-0.2, -0.15) is 0 Å². The third-order valence-corrected chi connectivity index (χ3v) is 4.66. The van der Waals surface area contributed by atoms with Gasteiger partial charge in [0.15, 0.2) is 9.84 Å². The van der Waals surface area contributed by atoms with E-state index in [1.165, 1.54) is 6.07 Å². The molecule has 0 aliphatic rings. The number of sulfone groups is 1. The third kappa shape index (κ3) is 4.97. The van der Waals surface area contributed by atoms with Gasteiger partial charge in [0, 0.05) is 17.0 Å². The molecule has 2 aromatic rings. The summed E-state index contributed by atoms with van der Waals surface area (Å²) in [5, 5.41) is 5.95. The van der Waals surface area contributed by atoms with Crippen molar-refractivity contribution in [3.63, 3.8) is 0 Å². The Morgan fingerprint density at radius 2 is 1.71 bits per heavy atom. The van der Waals surface area contributed by atoms with Crippen LogP contribution in [0.2, 0.25) is 5.02 Å². The van der Waals surface area contributed by atoms with E-state index in [2.05, 4.69) is 10.6 Å². The third-order valence-electron chi connectivity index (χ3n) is 3.29. The Bertz CT molecular complexity index is 859. The van der Waals surface area contributed by atoms with Crippen molar-refractivity contribution in [1.29, 1.82) is 0 Å². The second-order valence-electron chi connectivity index (χ2n) is 5.69. The van der Waals surface area contributed by atoms with Crippen LogP contribution >= 0.6 is 11.6 Å². The molecule has 5 nitrogen and oxygen atoms in total. The molecular weight excluding hydrogens is 348 g/mol. The van der Waals surface area contributed by atoms with Gasteiger partial charge in [0.25, 0.3) is 0 Å². The van der Waals surface area contributed by atoms with E-state index in [1.54, 1.807) is 12.1 Å². The molecule has 0 aliphatic heterocycles. The number of carbonyl (C=O) groups is 1. The van der Waals surface area contributed by atoms with Gasteiger partial charge in [0.05, 0.1) is 17.1 Å². The molecule has 0 spiro atoms. The molecule has 2 N–H and O–H groups in total. The summed E-state index contributed by atoms with van der Waals surface area (Å²) in [7, 11) is -3.45. The van der Waals surface area contributed by atoms with Crippen LogP contribution in [0.3, 0.4) is 0 Å². The molecule has 0 unspecified atom stereocenters. The number of hydrogen-bond donors (Lipinski definition) is 2. The number of carbonyl (C=O) groups excluding carboxylic acids is 1. The van der Waals surface area contributed by atoms with Gasteiger partial charge < -0.3 is 10.6 Å². The standard InChI is InChI=1S/C17H19ClN2O3S/c1-11-6-12(2)8-14(7-11)20-17(21)10-19-15-5-4-13(18)9-16(15)24(3,22)23/h4-9,19H,10H2,1-3H3,(H,20,21). The van der Waals surface area contributed by atoms with Gasteiger partial charge in [0.1, 0.15) is 0 Å². The Hall–Kier alpha value is -2.05. The van der Waals surface area contributed by atoms with Crippen LogP contribution in [0.25, 0.3) is 0 Å². The summed E-state index contributed by atoms with van der Waals surface area (Å²) in [5.74, 6) is -0.269. The minimum atomic E-state index is -3.45. The Morgan fingerprint density at radius 1 is 1.08 bits per heavy atom. The van der Waals surface area contributed by atoms with E-state index in [4.69, 9.17) is 11.6 Å². The lowest BCUT2D eigenvalue weighted by Crippen LogP contribution is -2.22. The van der Waals surface area contributed by atoms with Gasteiger partial charge in [-0.1, -0.05) is 17.7 Å². The Balaban J connectivity index is 2.09. The SMILES string of the molecule is Cc1cc(C)cc(NC(=O)CNc2ccc(Cl)cc2S(C)(=O)=O)c1. The maximum Gasteiger partial charge on any atom is 0.243 e. The van der Waals surface area contributed by atoms with E-state index in [9.17, 15) is 13.2 Å². The Labute approximate surface area is 147 Å². The first kappa shape index (κ1) is 18.3. The average Bonchev–Trinajstić information content (AvgIpc) is 2.43. The monoisotopic (exact) mass is 366 g/mol. The van der Waals surface area contributed by atoms with Crippen molar-refractivity contribution in [3.8, 4) is 0 Å². The van der Waals surface area contributed by atoms with Crippen molar-refractivity contribution in [3.05, 3.63) is 52.5 Å². The molecule has 128 valence electrons. The number of halogens is 1. The first-order valence-electron chi connectivity index (χ1n) is 7.27. The van der Waals surface area contributed by atoms with Crippen LogP contribution in [-0.2, 0) is 14.6 Å². The second-order valence-corrected chi connectivity index (χ2v) is 8.11. The van der Waals surface area contributed by atoms with E-state index in [0.717, 1.165) is 17.4 Å². The number of rotatable bonds is 5. The minimum absolute atomic E-state index is 0.0584. The summed E-state index contributed by atoms with van der Waals surface area (Å²) in [6, 6.07) is 10.2. The van der Waals surface area contributed by atoms with Gasteiger partial charge in [-0.15, -0.1) is 0 Å².